The van der Waals surface area contributed by atoms with E-state index in [0.717, 1.165) is 10.4 Å². The molecule has 0 aliphatic heterocycles. The van der Waals surface area contributed by atoms with Crippen molar-refractivity contribution < 1.29 is 23.5 Å². The Hall–Kier alpha value is -0.661. The van der Waals surface area contributed by atoms with Crippen LogP contribution in [0.3, 0.4) is 0 Å². The van der Waals surface area contributed by atoms with Gasteiger partial charge in [-0.1, -0.05) is 0 Å². The zero-order valence-electron chi connectivity index (χ0n) is 5.21. The molecule has 0 bridgehead atoms. The Balaban J connectivity index is 2.61. The molecule has 2 nitrogen and oxygen atoms in total. The number of carbonyl (C=O) groups is 2. The van der Waals surface area contributed by atoms with Gasteiger partial charge in [-0.05, 0) is 0 Å². The van der Waals surface area contributed by atoms with E-state index in [1.54, 1.807) is 0 Å². The third kappa shape index (κ3) is 1.43. The van der Waals surface area contributed by atoms with E-state index in [-0.39, 0.29) is 4.82 Å². The predicted octanol–water partition coefficient (Wildman–Crippen LogP) is 0.899. The molecule has 1 aliphatic rings. The molecular formula is C7H7FeO2. The molecule has 0 aromatic rings. The van der Waals surface area contributed by atoms with Gasteiger partial charge in [0, 0.05) is 0 Å². The third-order valence-corrected chi connectivity index (χ3v) is 3.03. The van der Waals surface area contributed by atoms with Crippen LogP contribution >= 0.6 is 0 Å². The van der Waals surface area contributed by atoms with E-state index < -0.39 is 13.9 Å². The molecule has 0 fully saturated rings. The van der Waals surface area contributed by atoms with Gasteiger partial charge >= 0.3 is 63.0 Å². The average Bonchev–Trinajstić information content (AvgIpc) is 2.43. The molecule has 0 spiro atoms. The summed E-state index contributed by atoms with van der Waals surface area (Å²) in [6.45, 7) is 0. The van der Waals surface area contributed by atoms with Crippen LogP contribution in [0.5, 0.6) is 0 Å². The predicted molar refractivity (Wildman–Crippen MR) is 35.5 cm³/mol. The summed E-state index contributed by atoms with van der Waals surface area (Å²) in [7, 11) is 0. The van der Waals surface area contributed by atoms with E-state index in [0.29, 0.717) is 0 Å². The monoisotopic (exact) mass is 179 g/mol. The summed E-state index contributed by atoms with van der Waals surface area (Å²) in [5.74, 6) is 0. The van der Waals surface area contributed by atoms with Crippen molar-refractivity contribution in [2.24, 2.45) is 0 Å². The molecule has 0 unspecified atom stereocenters. The van der Waals surface area contributed by atoms with Crippen LogP contribution in [0.2, 0.25) is 4.82 Å². The second-order valence-corrected chi connectivity index (χ2v) is 4.08. The van der Waals surface area contributed by atoms with Crippen LogP contribution in [0.25, 0.3) is 0 Å². The van der Waals surface area contributed by atoms with Gasteiger partial charge in [0.05, 0.1) is 0 Å². The number of allylic oxidation sites excluding steroid dienone is 4. The molecular weight excluding hydrogens is 172 g/mol. The van der Waals surface area contributed by atoms with Crippen molar-refractivity contribution in [3.63, 3.8) is 0 Å². The van der Waals surface area contributed by atoms with Crippen molar-refractivity contribution in [2.75, 3.05) is 0 Å². The summed E-state index contributed by atoms with van der Waals surface area (Å²) < 4.78 is 0. The van der Waals surface area contributed by atoms with Crippen LogP contribution in [0.4, 0.5) is 0 Å². The Morgan fingerprint density at radius 2 is 1.60 bits per heavy atom. The summed E-state index contributed by atoms with van der Waals surface area (Å²) >= 11 is -1.26. The fourth-order valence-electron chi connectivity index (χ4n) is 0.687. The van der Waals surface area contributed by atoms with Crippen molar-refractivity contribution >= 4 is 10.4 Å². The minimum absolute atomic E-state index is 0.0787. The molecule has 3 heteroatoms. The van der Waals surface area contributed by atoms with Crippen LogP contribution in [0, 0.1) is 0 Å². The van der Waals surface area contributed by atoms with Gasteiger partial charge in [-0.15, -0.1) is 0 Å². The Labute approximate surface area is 63.5 Å². The molecule has 1 rings (SSSR count). The molecule has 0 heterocycles. The van der Waals surface area contributed by atoms with Crippen LogP contribution in [0.15, 0.2) is 24.3 Å². The number of hydrogen-bond donors (Lipinski definition) is 0. The van der Waals surface area contributed by atoms with Gasteiger partial charge in [0.1, 0.15) is 0 Å². The van der Waals surface area contributed by atoms with E-state index >= 15 is 0 Å². The molecule has 0 aromatic carbocycles. The zero-order chi connectivity index (χ0) is 7.40. The first-order chi connectivity index (χ1) is 4.88. The van der Waals surface area contributed by atoms with E-state index in [9.17, 15) is 9.59 Å². The Kier molecular flexibility index (Phi) is 2.60. The first-order valence-electron chi connectivity index (χ1n) is 2.75. The van der Waals surface area contributed by atoms with Crippen LogP contribution in [-0.4, -0.2) is 10.4 Å². The van der Waals surface area contributed by atoms with Crippen molar-refractivity contribution in [2.45, 2.75) is 4.82 Å². The third-order valence-electron chi connectivity index (χ3n) is 1.16. The zero-order valence-corrected chi connectivity index (χ0v) is 6.32. The average molecular weight is 179 g/mol. The maximum atomic E-state index is 10.3. The fourth-order valence-corrected chi connectivity index (χ4v) is 1.83. The van der Waals surface area contributed by atoms with Gasteiger partial charge in [0.2, 0.25) is 0 Å². The van der Waals surface area contributed by atoms with Gasteiger partial charge in [-0.25, -0.2) is 0 Å². The second kappa shape index (κ2) is 3.49. The molecule has 0 N–H and O–H groups in total. The molecule has 0 amide bonds. The summed E-state index contributed by atoms with van der Waals surface area (Å²) in [5, 5.41) is 1.52. The van der Waals surface area contributed by atoms with E-state index in [1.807, 2.05) is 24.3 Å². The second-order valence-electron chi connectivity index (χ2n) is 1.72. The van der Waals surface area contributed by atoms with Crippen molar-refractivity contribution in [1.82, 2.24) is 0 Å². The van der Waals surface area contributed by atoms with Crippen molar-refractivity contribution in [1.29, 1.82) is 0 Å². The van der Waals surface area contributed by atoms with Crippen LogP contribution in [0.1, 0.15) is 0 Å². The standard InChI is InChI=1S/C5H5.2CHO.Fe/c1-2-4-5-3-1;2*1-2;/h1-5H;2*1H;. The van der Waals surface area contributed by atoms with Crippen LogP contribution < -0.4 is 0 Å². The maximum absolute atomic E-state index is 10.3. The molecule has 1 aliphatic carbocycles. The van der Waals surface area contributed by atoms with Crippen LogP contribution in [-0.2, 0) is 23.5 Å². The fraction of sp³-hybridized carbons (Fsp3) is 0.143. The Morgan fingerprint density at radius 3 is 2.00 bits per heavy atom. The number of hydrogen-bond acceptors (Lipinski definition) is 2. The molecule has 55 valence electrons. The summed E-state index contributed by atoms with van der Waals surface area (Å²) in [4.78, 5) is 20.6. The first-order valence-corrected chi connectivity index (χ1v) is 4.66. The molecule has 0 saturated heterocycles. The van der Waals surface area contributed by atoms with Crippen molar-refractivity contribution in [3.05, 3.63) is 24.3 Å². The normalized spacial score (nSPS) is 17.4. The van der Waals surface area contributed by atoms with Gasteiger partial charge in [0.25, 0.3) is 0 Å². The number of rotatable bonds is 3. The Morgan fingerprint density at radius 1 is 1.10 bits per heavy atom. The number of carbonyl (C=O) groups excluding carboxylic acids is 2. The summed E-state index contributed by atoms with van der Waals surface area (Å²) in [5.41, 5.74) is 0. The minimum atomic E-state index is -1.26. The van der Waals surface area contributed by atoms with E-state index in [2.05, 4.69) is 0 Å². The molecule has 0 saturated carbocycles. The van der Waals surface area contributed by atoms with Gasteiger partial charge < -0.3 is 0 Å². The topological polar surface area (TPSA) is 34.1 Å². The summed E-state index contributed by atoms with van der Waals surface area (Å²) in [6.07, 6.45) is 7.47. The summed E-state index contributed by atoms with van der Waals surface area (Å²) in [6, 6.07) is 0. The SMILES string of the molecule is O=[CH][Fe]([CH]=O)[CH]1C=CC=C1. The molecule has 0 atom stereocenters. The molecule has 0 radical (unpaired) electrons. The Bertz CT molecular complexity index is 176. The van der Waals surface area contributed by atoms with E-state index in [4.69, 9.17) is 0 Å². The van der Waals surface area contributed by atoms with Gasteiger partial charge in [-0.2, -0.15) is 0 Å². The first kappa shape index (κ1) is 7.45. The molecule has 0 aromatic heterocycles. The van der Waals surface area contributed by atoms with Gasteiger partial charge in [0.15, 0.2) is 0 Å². The molecule has 10 heavy (non-hydrogen) atoms. The van der Waals surface area contributed by atoms with Crippen molar-refractivity contribution in [3.8, 4) is 0 Å². The quantitative estimate of drug-likeness (QED) is 0.476. The van der Waals surface area contributed by atoms with E-state index in [1.165, 1.54) is 0 Å². The van der Waals surface area contributed by atoms with Gasteiger partial charge in [-0.3, -0.25) is 0 Å².